The van der Waals surface area contributed by atoms with Crippen LogP contribution in [0.3, 0.4) is 0 Å². The van der Waals surface area contributed by atoms with E-state index in [1.54, 1.807) is 11.8 Å². The fourth-order valence-electron chi connectivity index (χ4n) is 2.75. The SMILES string of the molecule is CN(C)C1(CNC(=O)C2CSCN2)CCCC1.Cl.Cl. The highest BCUT2D eigenvalue weighted by Crippen LogP contribution is 2.33. The van der Waals surface area contributed by atoms with Crippen LogP contribution in [0.4, 0.5) is 0 Å². The van der Waals surface area contributed by atoms with Gasteiger partial charge in [0, 0.05) is 23.7 Å². The van der Waals surface area contributed by atoms with E-state index in [2.05, 4.69) is 29.6 Å². The van der Waals surface area contributed by atoms with Crippen LogP contribution < -0.4 is 10.6 Å². The Bertz CT molecular complexity index is 280. The monoisotopic (exact) mass is 329 g/mol. The third kappa shape index (κ3) is 4.67. The summed E-state index contributed by atoms with van der Waals surface area (Å²) in [6.07, 6.45) is 4.97. The summed E-state index contributed by atoms with van der Waals surface area (Å²) < 4.78 is 0. The Morgan fingerprint density at radius 3 is 2.47 bits per heavy atom. The molecule has 1 aliphatic heterocycles. The zero-order valence-electron chi connectivity index (χ0n) is 11.6. The predicted octanol–water partition coefficient (Wildman–Crippen LogP) is 1.48. The number of hydrogen-bond donors (Lipinski definition) is 2. The second-order valence-electron chi connectivity index (χ2n) is 5.32. The van der Waals surface area contributed by atoms with Crippen LogP contribution in [0, 0.1) is 0 Å². The quantitative estimate of drug-likeness (QED) is 0.820. The summed E-state index contributed by atoms with van der Waals surface area (Å²) in [7, 11) is 4.25. The van der Waals surface area contributed by atoms with Gasteiger partial charge in [0.1, 0.15) is 0 Å². The van der Waals surface area contributed by atoms with Crippen LogP contribution in [-0.2, 0) is 4.79 Å². The Labute approximate surface area is 132 Å². The molecule has 1 heterocycles. The van der Waals surface area contributed by atoms with Crippen molar-refractivity contribution in [3.8, 4) is 0 Å². The van der Waals surface area contributed by atoms with Crippen molar-refractivity contribution < 1.29 is 4.79 Å². The summed E-state index contributed by atoms with van der Waals surface area (Å²) in [5.74, 6) is 1.97. The standard InChI is InChI=1S/C12H23N3OS.2ClH/c1-15(2)12(5-3-4-6-12)8-13-11(16)10-7-17-9-14-10;;/h10,14H,3-9H2,1-2H3,(H,13,16);2*1H. The number of likely N-dealkylation sites (N-methyl/N-ethyl adjacent to an activating group) is 1. The van der Waals surface area contributed by atoms with Gasteiger partial charge in [0.15, 0.2) is 0 Å². The second-order valence-corrected chi connectivity index (χ2v) is 6.35. The Kier molecular flexibility index (Phi) is 8.72. The average Bonchev–Trinajstić information content (AvgIpc) is 2.97. The van der Waals surface area contributed by atoms with Gasteiger partial charge in [-0.25, -0.2) is 0 Å². The number of carbonyl (C=O) groups excluding carboxylic acids is 1. The molecule has 0 bridgehead atoms. The smallest absolute Gasteiger partial charge is 0.238 e. The lowest BCUT2D eigenvalue weighted by molar-refractivity contribution is -0.123. The first-order chi connectivity index (χ1) is 8.14. The largest absolute Gasteiger partial charge is 0.353 e. The second kappa shape index (κ2) is 8.57. The molecule has 2 N–H and O–H groups in total. The molecule has 2 rings (SSSR count). The van der Waals surface area contributed by atoms with Gasteiger partial charge in [-0.15, -0.1) is 36.6 Å². The van der Waals surface area contributed by atoms with Crippen LogP contribution in [0.1, 0.15) is 25.7 Å². The van der Waals surface area contributed by atoms with Gasteiger partial charge < -0.3 is 10.2 Å². The molecule has 1 unspecified atom stereocenters. The molecular formula is C12H25Cl2N3OS. The van der Waals surface area contributed by atoms with E-state index in [-0.39, 0.29) is 42.3 Å². The molecule has 114 valence electrons. The van der Waals surface area contributed by atoms with E-state index < -0.39 is 0 Å². The summed E-state index contributed by atoms with van der Waals surface area (Å²) >= 11 is 1.79. The van der Waals surface area contributed by atoms with Crippen molar-refractivity contribution in [1.29, 1.82) is 0 Å². The number of nitrogens with zero attached hydrogens (tertiary/aromatic N) is 1. The summed E-state index contributed by atoms with van der Waals surface area (Å²) in [6, 6.07) is 0.0145. The van der Waals surface area contributed by atoms with Crippen LogP contribution in [0.25, 0.3) is 0 Å². The lowest BCUT2D eigenvalue weighted by Gasteiger charge is -2.36. The minimum absolute atomic E-state index is 0. The molecule has 1 saturated carbocycles. The molecule has 4 nitrogen and oxygen atoms in total. The molecule has 0 aromatic rings. The predicted molar refractivity (Wildman–Crippen MR) is 86.6 cm³/mol. The van der Waals surface area contributed by atoms with Gasteiger partial charge in [-0.2, -0.15) is 0 Å². The minimum atomic E-state index is 0. The first-order valence-electron chi connectivity index (χ1n) is 6.40. The molecular weight excluding hydrogens is 305 g/mol. The first-order valence-corrected chi connectivity index (χ1v) is 7.56. The van der Waals surface area contributed by atoms with E-state index in [4.69, 9.17) is 0 Å². The fraction of sp³-hybridized carbons (Fsp3) is 0.917. The molecule has 0 radical (unpaired) electrons. The lowest BCUT2D eigenvalue weighted by Crippen LogP contribution is -2.53. The van der Waals surface area contributed by atoms with E-state index in [0.717, 1.165) is 18.2 Å². The van der Waals surface area contributed by atoms with Crippen molar-refractivity contribution in [2.45, 2.75) is 37.3 Å². The van der Waals surface area contributed by atoms with E-state index >= 15 is 0 Å². The molecule has 2 fully saturated rings. The normalized spacial score (nSPS) is 24.7. The van der Waals surface area contributed by atoms with Gasteiger partial charge in [0.05, 0.1) is 6.04 Å². The molecule has 19 heavy (non-hydrogen) atoms. The minimum Gasteiger partial charge on any atom is -0.353 e. The molecule has 7 heteroatoms. The van der Waals surface area contributed by atoms with Crippen molar-refractivity contribution in [2.24, 2.45) is 0 Å². The highest BCUT2D eigenvalue weighted by atomic mass is 35.5. The van der Waals surface area contributed by atoms with Crippen molar-refractivity contribution in [3.63, 3.8) is 0 Å². The first kappa shape index (κ1) is 19.3. The van der Waals surface area contributed by atoms with Crippen LogP contribution in [-0.4, -0.2) is 54.7 Å². The average molecular weight is 330 g/mol. The highest BCUT2D eigenvalue weighted by Gasteiger charge is 2.36. The maximum Gasteiger partial charge on any atom is 0.238 e. The van der Waals surface area contributed by atoms with Crippen molar-refractivity contribution >= 4 is 42.5 Å². The van der Waals surface area contributed by atoms with Crippen LogP contribution in [0.15, 0.2) is 0 Å². The molecule has 0 aromatic carbocycles. The number of rotatable bonds is 4. The third-order valence-electron chi connectivity index (χ3n) is 4.11. The number of nitrogens with one attached hydrogen (secondary N) is 2. The van der Waals surface area contributed by atoms with Crippen molar-refractivity contribution in [2.75, 3.05) is 32.3 Å². The summed E-state index contributed by atoms with van der Waals surface area (Å²) in [5.41, 5.74) is 0.196. The molecule has 2 aliphatic rings. The third-order valence-corrected chi connectivity index (χ3v) is 5.05. The van der Waals surface area contributed by atoms with Gasteiger partial charge in [-0.3, -0.25) is 10.1 Å². The zero-order chi connectivity index (χ0) is 12.3. The van der Waals surface area contributed by atoms with E-state index in [1.165, 1.54) is 25.7 Å². The van der Waals surface area contributed by atoms with Gasteiger partial charge in [-0.05, 0) is 26.9 Å². The molecule has 1 saturated heterocycles. The summed E-state index contributed by atoms with van der Waals surface area (Å²) in [6.45, 7) is 0.793. The van der Waals surface area contributed by atoms with Gasteiger partial charge in [-0.1, -0.05) is 12.8 Å². The van der Waals surface area contributed by atoms with Crippen molar-refractivity contribution in [1.82, 2.24) is 15.5 Å². The number of hydrogen-bond acceptors (Lipinski definition) is 4. The number of carbonyl (C=O) groups is 1. The maximum absolute atomic E-state index is 12.0. The maximum atomic E-state index is 12.0. The van der Waals surface area contributed by atoms with Gasteiger partial charge >= 0.3 is 0 Å². The van der Waals surface area contributed by atoms with Crippen LogP contribution in [0.5, 0.6) is 0 Å². The number of halogens is 2. The van der Waals surface area contributed by atoms with Gasteiger partial charge in [0.25, 0.3) is 0 Å². The highest BCUT2D eigenvalue weighted by molar-refractivity contribution is 7.99. The molecule has 1 amide bonds. The Morgan fingerprint density at radius 2 is 2.00 bits per heavy atom. The van der Waals surface area contributed by atoms with E-state index in [1.807, 2.05) is 0 Å². The van der Waals surface area contributed by atoms with Crippen LogP contribution >= 0.6 is 36.6 Å². The van der Waals surface area contributed by atoms with E-state index in [9.17, 15) is 4.79 Å². The lowest BCUT2D eigenvalue weighted by atomic mass is 9.96. The molecule has 0 spiro atoms. The molecule has 1 atom stereocenters. The molecule has 1 aliphatic carbocycles. The number of amides is 1. The number of thioether (sulfide) groups is 1. The summed E-state index contributed by atoms with van der Waals surface area (Å²) in [5, 5.41) is 6.34. The molecule has 0 aromatic heterocycles. The van der Waals surface area contributed by atoms with Crippen molar-refractivity contribution in [3.05, 3.63) is 0 Å². The Hall–Kier alpha value is 0.320. The Balaban J connectivity index is 0.00000162. The van der Waals surface area contributed by atoms with E-state index in [0.29, 0.717) is 0 Å². The van der Waals surface area contributed by atoms with Gasteiger partial charge in [0.2, 0.25) is 5.91 Å². The Morgan fingerprint density at radius 1 is 1.37 bits per heavy atom. The fourth-order valence-corrected chi connectivity index (χ4v) is 3.70. The topological polar surface area (TPSA) is 44.4 Å². The zero-order valence-corrected chi connectivity index (χ0v) is 14.1. The van der Waals surface area contributed by atoms with Crippen LogP contribution in [0.2, 0.25) is 0 Å². The summed E-state index contributed by atoms with van der Waals surface area (Å²) in [4.78, 5) is 14.3.